The molecular formula is C21H34O3S. The van der Waals surface area contributed by atoms with Crippen LogP contribution in [-0.2, 0) is 26.8 Å². The minimum atomic E-state index is -0.214. The highest BCUT2D eigenvalue weighted by Gasteiger charge is 2.26. The molecule has 0 aliphatic heterocycles. The van der Waals surface area contributed by atoms with Gasteiger partial charge < -0.3 is 9.84 Å². The molecule has 0 saturated carbocycles. The molecule has 0 aliphatic carbocycles. The molecule has 0 saturated heterocycles. The monoisotopic (exact) mass is 366 g/mol. The lowest BCUT2D eigenvalue weighted by molar-refractivity contribution is -0.140. The van der Waals surface area contributed by atoms with Gasteiger partial charge in [0.2, 0.25) is 0 Å². The van der Waals surface area contributed by atoms with Crippen LogP contribution in [0, 0.1) is 0 Å². The maximum absolute atomic E-state index is 10.8. The second-order valence-corrected chi connectivity index (χ2v) is 9.82. The van der Waals surface area contributed by atoms with Crippen LogP contribution in [0.4, 0.5) is 0 Å². The van der Waals surface area contributed by atoms with E-state index in [1.54, 1.807) is 0 Å². The Labute approximate surface area is 157 Å². The Morgan fingerprint density at radius 1 is 1.04 bits per heavy atom. The summed E-state index contributed by atoms with van der Waals surface area (Å²) < 4.78 is 4.94. The zero-order chi connectivity index (χ0) is 19.3. The van der Waals surface area contributed by atoms with Gasteiger partial charge in [0, 0.05) is 12.7 Å². The van der Waals surface area contributed by atoms with E-state index in [2.05, 4.69) is 53.7 Å². The molecule has 0 amide bonds. The minimum absolute atomic E-state index is 0.0845. The van der Waals surface area contributed by atoms with E-state index in [1.807, 2.05) is 11.8 Å². The highest BCUT2D eigenvalue weighted by atomic mass is 32.2. The zero-order valence-corrected chi connectivity index (χ0v) is 17.7. The summed E-state index contributed by atoms with van der Waals surface area (Å²) in [5.41, 5.74) is 3.17. The highest BCUT2D eigenvalue weighted by Crippen LogP contribution is 2.40. The van der Waals surface area contributed by atoms with Crippen LogP contribution in [0.3, 0.4) is 0 Å². The van der Waals surface area contributed by atoms with Gasteiger partial charge in [-0.2, -0.15) is 11.8 Å². The van der Waals surface area contributed by atoms with Crippen molar-refractivity contribution in [2.24, 2.45) is 0 Å². The van der Waals surface area contributed by atoms with Crippen LogP contribution in [-0.4, -0.2) is 29.2 Å². The van der Waals surface area contributed by atoms with Crippen molar-refractivity contribution in [2.75, 3.05) is 18.1 Å². The molecule has 1 rings (SSSR count). The molecule has 142 valence electrons. The fourth-order valence-electron chi connectivity index (χ4n) is 2.71. The molecule has 1 aromatic rings. The van der Waals surface area contributed by atoms with Gasteiger partial charge in [0.15, 0.2) is 0 Å². The molecule has 0 heterocycles. The molecule has 0 bridgehead atoms. The van der Waals surface area contributed by atoms with Crippen LogP contribution in [0.25, 0.3) is 0 Å². The van der Waals surface area contributed by atoms with Gasteiger partial charge in [-0.05, 0) is 46.1 Å². The molecule has 0 aromatic heterocycles. The predicted molar refractivity (Wildman–Crippen MR) is 108 cm³/mol. The lowest BCUT2D eigenvalue weighted by atomic mass is 9.78. The number of carbonyl (C=O) groups is 1. The van der Waals surface area contributed by atoms with Crippen molar-refractivity contribution in [1.82, 2.24) is 0 Å². The first-order chi connectivity index (χ1) is 11.4. The first-order valence-corrected chi connectivity index (χ1v) is 10.2. The predicted octanol–water partition coefficient (Wildman–Crippen LogP) is 5.22. The van der Waals surface area contributed by atoms with Gasteiger partial charge in [0.1, 0.15) is 12.4 Å². The number of hydrogen-bond donors (Lipinski definition) is 1. The number of phenols is 1. The Hall–Kier alpha value is -1.16. The Bertz CT molecular complexity index is 545. The van der Waals surface area contributed by atoms with Gasteiger partial charge in [-0.1, -0.05) is 53.7 Å². The number of aryl methyl sites for hydroxylation is 1. The molecule has 0 atom stereocenters. The van der Waals surface area contributed by atoms with E-state index >= 15 is 0 Å². The molecule has 0 aliphatic rings. The van der Waals surface area contributed by atoms with Gasteiger partial charge >= 0.3 is 5.97 Å². The van der Waals surface area contributed by atoms with Crippen molar-refractivity contribution in [2.45, 2.75) is 72.1 Å². The molecule has 4 heteroatoms. The van der Waals surface area contributed by atoms with Gasteiger partial charge in [-0.15, -0.1) is 0 Å². The third-order valence-electron chi connectivity index (χ3n) is 4.07. The van der Waals surface area contributed by atoms with Crippen molar-refractivity contribution in [3.63, 3.8) is 0 Å². The van der Waals surface area contributed by atoms with Gasteiger partial charge in [-0.3, -0.25) is 4.79 Å². The van der Waals surface area contributed by atoms with Gasteiger partial charge in [0.05, 0.1) is 0 Å². The van der Waals surface area contributed by atoms with Crippen LogP contribution >= 0.6 is 11.8 Å². The standard InChI is InChI=1S/C21H34O3S/c1-15(22)24-10-12-25-11-8-9-16-13-17(20(2,3)4)19(23)18(14-16)21(5,6)7/h13-14,23H,8-12H2,1-7H3. The lowest BCUT2D eigenvalue weighted by Crippen LogP contribution is -2.18. The molecule has 3 nitrogen and oxygen atoms in total. The van der Waals surface area contributed by atoms with Crippen LogP contribution < -0.4 is 0 Å². The maximum Gasteiger partial charge on any atom is 0.302 e. The number of rotatable bonds is 7. The van der Waals surface area contributed by atoms with E-state index in [9.17, 15) is 9.90 Å². The molecule has 0 radical (unpaired) electrons. The highest BCUT2D eigenvalue weighted by molar-refractivity contribution is 7.99. The number of thioether (sulfide) groups is 1. The van der Waals surface area contributed by atoms with Crippen molar-refractivity contribution in [3.05, 3.63) is 28.8 Å². The summed E-state index contributed by atoms with van der Waals surface area (Å²) in [4.78, 5) is 10.7. The van der Waals surface area contributed by atoms with E-state index in [0.717, 1.165) is 35.5 Å². The normalized spacial score (nSPS) is 12.3. The molecular weight excluding hydrogens is 332 g/mol. The van der Waals surface area contributed by atoms with Crippen LogP contribution in [0.1, 0.15) is 71.6 Å². The van der Waals surface area contributed by atoms with Crippen molar-refractivity contribution >= 4 is 17.7 Å². The topological polar surface area (TPSA) is 46.5 Å². The number of benzene rings is 1. The second kappa shape index (κ2) is 8.98. The maximum atomic E-state index is 10.8. The summed E-state index contributed by atoms with van der Waals surface area (Å²) in [6.07, 6.45) is 2.07. The number of carbonyl (C=O) groups excluding carboxylic acids is 1. The number of hydrogen-bond acceptors (Lipinski definition) is 4. The fraction of sp³-hybridized carbons (Fsp3) is 0.667. The van der Waals surface area contributed by atoms with E-state index in [4.69, 9.17) is 4.74 Å². The summed E-state index contributed by atoms with van der Waals surface area (Å²) in [7, 11) is 0. The Morgan fingerprint density at radius 3 is 2.00 bits per heavy atom. The molecule has 1 aromatic carbocycles. The average Bonchev–Trinajstić information content (AvgIpc) is 2.44. The van der Waals surface area contributed by atoms with E-state index in [1.165, 1.54) is 12.5 Å². The summed E-state index contributed by atoms with van der Waals surface area (Å²) in [6.45, 7) is 14.8. The first-order valence-electron chi connectivity index (χ1n) is 9.01. The molecule has 25 heavy (non-hydrogen) atoms. The Morgan fingerprint density at radius 2 is 1.56 bits per heavy atom. The fourth-order valence-corrected chi connectivity index (χ4v) is 3.46. The second-order valence-electron chi connectivity index (χ2n) is 8.60. The van der Waals surface area contributed by atoms with Crippen LogP contribution in [0.15, 0.2) is 12.1 Å². The quantitative estimate of drug-likeness (QED) is 0.531. The van der Waals surface area contributed by atoms with E-state index in [-0.39, 0.29) is 16.8 Å². The van der Waals surface area contributed by atoms with E-state index < -0.39 is 0 Å². The van der Waals surface area contributed by atoms with Crippen LogP contribution in [0.2, 0.25) is 0 Å². The molecule has 0 fully saturated rings. The molecule has 0 spiro atoms. The number of phenolic OH excluding ortho intramolecular Hbond substituents is 1. The lowest BCUT2D eigenvalue weighted by Gasteiger charge is -2.28. The average molecular weight is 367 g/mol. The summed E-state index contributed by atoms with van der Waals surface area (Å²) in [6, 6.07) is 4.32. The summed E-state index contributed by atoms with van der Waals surface area (Å²) in [5.74, 6) is 2.11. The van der Waals surface area contributed by atoms with Crippen molar-refractivity contribution in [1.29, 1.82) is 0 Å². The van der Waals surface area contributed by atoms with Crippen molar-refractivity contribution < 1.29 is 14.6 Å². The summed E-state index contributed by atoms with van der Waals surface area (Å²) in [5, 5.41) is 10.8. The third kappa shape index (κ3) is 7.31. The number of esters is 1. The SMILES string of the molecule is CC(=O)OCCSCCCc1cc(C(C)(C)C)c(O)c(C(C)(C)C)c1. The minimum Gasteiger partial charge on any atom is -0.507 e. The number of ether oxygens (including phenoxy) is 1. The van der Waals surface area contributed by atoms with Gasteiger partial charge in [0.25, 0.3) is 0 Å². The van der Waals surface area contributed by atoms with E-state index in [0.29, 0.717) is 12.4 Å². The first kappa shape index (κ1) is 21.9. The van der Waals surface area contributed by atoms with Crippen molar-refractivity contribution in [3.8, 4) is 5.75 Å². The largest absolute Gasteiger partial charge is 0.507 e. The summed E-state index contributed by atoms with van der Waals surface area (Å²) >= 11 is 1.81. The van der Waals surface area contributed by atoms with Crippen LogP contribution in [0.5, 0.6) is 5.75 Å². The third-order valence-corrected chi connectivity index (χ3v) is 5.11. The number of aromatic hydroxyl groups is 1. The molecule has 1 N–H and O–H groups in total. The Balaban J connectivity index is 2.75. The zero-order valence-electron chi connectivity index (χ0n) is 16.9. The smallest absolute Gasteiger partial charge is 0.302 e. The Kier molecular flexibility index (Phi) is 7.86. The molecule has 0 unspecified atom stereocenters. The van der Waals surface area contributed by atoms with Gasteiger partial charge in [-0.25, -0.2) is 0 Å².